The summed E-state index contributed by atoms with van der Waals surface area (Å²) in [5.41, 5.74) is 2.32. The van der Waals surface area contributed by atoms with Gasteiger partial charge in [-0.15, -0.1) is 0 Å². The number of anilines is 1. The molecule has 0 radical (unpaired) electrons. The first-order chi connectivity index (χ1) is 9.61. The molecule has 5 nitrogen and oxygen atoms in total. The SMILES string of the molecule is CC(C)C1CC(Nc2ccc3oc(=O)[nH]c3c2)CCO1. The van der Waals surface area contributed by atoms with Crippen LogP contribution in [0.1, 0.15) is 26.7 Å². The first kappa shape index (κ1) is 13.2. The number of oxazole rings is 1. The van der Waals surface area contributed by atoms with Crippen molar-refractivity contribution in [1.82, 2.24) is 4.98 Å². The number of aromatic amines is 1. The number of H-pyrrole nitrogens is 1. The molecular formula is C15H20N2O3. The number of nitrogens with one attached hydrogen (secondary N) is 2. The summed E-state index contributed by atoms with van der Waals surface area (Å²) in [5.74, 6) is 0.121. The van der Waals surface area contributed by atoms with Crippen LogP contribution in [0.15, 0.2) is 27.4 Å². The summed E-state index contributed by atoms with van der Waals surface area (Å²) in [6, 6.07) is 6.08. The normalized spacial score (nSPS) is 23.4. The van der Waals surface area contributed by atoms with E-state index in [1.807, 2.05) is 18.2 Å². The van der Waals surface area contributed by atoms with E-state index >= 15 is 0 Å². The second-order valence-corrected chi connectivity index (χ2v) is 5.74. The molecule has 3 rings (SSSR count). The molecule has 1 aliphatic heterocycles. The Kier molecular flexibility index (Phi) is 3.53. The molecular weight excluding hydrogens is 256 g/mol. The zero-order valence-electron chi connectivity index (χ0n) is 11.8. The highest BCUT2D eigenvalue weighted by Crippen LogP contribution is 2.24. The molecule has 2 unspecified atom stereocenters. The maximum Gasteiger partial charge on any atom is 0.417 e. The summed E-state index contributed by atoms with van der Waals surface area (Å²) >= 11 is 0. The highest BCUT2D eigenvalue weighted by molar-refractivity contribution is 5.76. The van der Waals surface area contributed by atoms with Gasteiger partial charge in [-0.3, -0.25) is 4.98 Å². The first-order valence-corrected chi connectivity index (χ1v) is 7.13. The fourth-order valence-electron chi connectivity index (χ4n) is 2.70. The predicted octanol–water partition coefficient (Wildman–Crippen LogP) is 2.74. The third-order valence-electron chi connectivity index (χ3n) is 3.85. The van der Waals surface area contributed by atoms with E-state index in [9.17, 15) is 4.79 Å². The van der Waals surface area contributed by atoms with E-state index in [2.05, 4.69) is 24.1 Å². The standard InChI is InChI=1S/C15H20N2O3/c1-9(2)14-8-11(5-6-19-14)16-10-3-4-13-12(7-10)17-15(18)20-13/h3-4,7,9,11,14,16H,5-6,8H2,1-2H3,(H,17,18). The maximum atomic E-state index is 11.1. The zero-order valence-corrected chi connectivity index (χ0v) is 11.8. The van der Waals surface area contributed by atoms with Crippen molar-refractivity contribution in [3.63, 3.8) is 0 Å². The average Bonchev–Trinajstić information content (AvgIpc) is 2.78. The highest BCUT2D eigenvalue weighted by Gasteiger charge is 2.24. The molecule has 2 heterocycles. The van der Waals surface area contributed by atoms with Crippen LogP contribution in [0.5, 0.6) is 0 Å². The average molecular weight is 276 g/mol. The lowest BCUT2D eigenvalue weighted by Gasteiger charge is -2.32. The molecule has 1 aromatic carbocycles. The monoisotopic (exact) mass is 276 g/mol. The lowest BCUT2D eigenvalue weighted by atomic mass is 9.95. The van der Waals surface area contributed by atoms with Crippen molar-refractivity contribution in [2.24, 2.45) is 5.92 Å². The summed E-state index contributed by atoms with van der Waals surface area (Å²) < 4.78 is 10.8. The fourth-order valence-corrected chi connectivity index (χ4v) is 2.70. The summed E-state index contributed by atoms with van der Waals surface area (Å²) in [6.45, 7) is 5.18. The summed E-state index contributed by atoms with van der Waals surface area (Å²) in [4.78, 5) is 13.8. The Balaban J connectivity index is 1.73. The lowest BCUT2D eigenvalue weighted by molar-refractivity contribution is -0.0160. The van der Waals surface area contributed by atoms with Crippen molar-refractivity contribution in [3.05, 3.63) is 28.7 Å². The van der Waals surface area contributed by atoms with E-state index in [1.165, 1.54) is 0 Å². The Morgan fingerprint density at radius 2 is 2.25 bits per heavy atom. The molecule has 0 bridgehead atoms. The largest absolute Gasteiger partial charge is 0.417 e. The maximum absolute atomic E-state index is 11.1. The van der Waals surface area contributed by atoms with Crippen molar-refractivity contribution < 1.29 is 9.15 Å². The van der Waals surface area contributed by atoms with Gasteiger partial charge in [-0.05, 0) is 37.0 Å². The topological polar surface area (TPSA) is 67.3 Å². The number of benzene rings is 1. The molecule has 5 heteroatoms. The third-order valence-corrected chi connectivity index (χ3v) is 3.85. The molecule has 0 aliphatic carbocycles. The van der Waals surface area contributed by atoms with Gasteiger partial charge in [-0.2, -0.15) is 0 Å². The Bertz CT molecular complexity index is 644. The molecule has 20 heavy (non-hydrogen) atoms. The van der Waals surface area contributed by atoms with Gasteiger partial charge in [-0.1, -0.05) is 13.8 Å². The van der Waals surface area contributed by atoms with Crippen molar-refractivity contribution in [1.29, 1.82) is 0 Å². The molecule has 108 valence electrons. The van der Waals surface area contributed by atoms with Crippen LogP contribution in [-0.2, 0) is 4.74 Å². The van der Waals surface area contributed by atoms with Gasteiger partial charge in [0.05, 0.1) is 11.6 Å². The summed E-state index contributed by atoms with van der Waals surface area (Å²) in [7, 11) is 0. The van der Waals surface area contributed by atoms with Gasteiger partial charge >= 0.3 is 5.76 Å². The lowest BCUT2D eigenvalue weighted by Crippen LogP contribution is -2.36. The minimum Gasteiger partial charge on any atom is -0.408 e. The Morgan fingerprint density at radius 3 is 3.05 bits per heavy atom. The number of hydrogen-bond donors (Lipinski definition) is 2. The Morgan fingerprint density at radius 1 is 1.40 bits per heavy atom. The molecule has 2 N–H and O–H groups in total. The smallest absolute Gasteiger partial charge is 0.408 e. The molecule has 2 atom stereocenters. The van der Waals surface area contributed by atoms with E-state index in [1.54, 1.807) is 0 Å². The van der Waals surface area contributed by atoms with Gasteiger partial charge in [0.2, 0.25) is 0 Å². The van der Waals surface area contributed by atoms with Gasteiger partial charge in [0.15, 0.2) is 5.58 Å². The van der Waals surface area contributed by atoms with E-state index in [0.717, 1.165) is 30.7 Å². The second-order valence-electron chi connectivity index (χ2n) is 5.74. The van der Waals surface area contributed by atoms with Crippen LogP contribution in [-0.4, -0.2) is 23.7 Å². The van der Waals surface area contributed by atoms with Crippen molar-refractivity contribution >= 4 is 16.8 Å². The molecule has 1 aliphatic rings. The minimum absolute atomic E-state index is 0.318. The number of rotatable bonds is 3. The number of fused-ring (bicyclic) bond motifs is 1. The highest BCUT2D eigenvalue weighted by atomic mass is 16.5. The molecule has 2 aromatic rings. The van der Waals surface area contributed by atoms with Crippen LogP contribution in [0.3, 0.4) is 0 Å². The molecule has 1 aromatic heterocycles. The van der Waals surface area contributed by atoms with Crippen molar-refractivity contribution in [2.75, 3.05) is 11.9 Å². The van der Waals surface area contributed by atoms with Crippen LogP contribution < -0.4 is 11.1 Å². The minimum atomic E-state index is -0.414. The van der Waals surface area contributed by atoms with Gasteiger partial charge in [-0.25, -0.2) is 4.79 Å². The Hall–Kier alpha value is -1.75. The van der Waals surface area contributed by atoms with Crippen LogP contribution in [0.25, 0.3) is 11.1 Å². The van der Waals surface area contributed by atoms with Crippen molar-refractivity contribution in [2.45, 2.75) is 38.8 Å². The van der Waals surface area contributed by atoms with E-state index in [4.69, 9.17) is 9.15 Å². The molecule has 0 spiro atoms. The Labute approximate surface area is 117 Å². The summed E-state index contributed by atoms with van der Waals surface area (Å²) in [5, 5.41) is 3.52. The molecule has 1 saturated heterocycles. The van der Waals surface area contributed by atoms with E-state index in [0.29, 0.717) is 23.6 Å². The van der Waals surface area contributed by atoms with E-state index in [-0.39, 0.29) is 0 Å². The predicted molar refractivity (Wildman–Crippen MR) is 78.1 cm³/mol. The van der Waals surface area contributed by atoms with Crippen LogP contribution >= 0.6 is 0 Å². The van der Waals surface area contributed by atoms with Gasteiger partial charge in [0.25, 0.3) is 0 Å². The number of hydrogen-bond acceptors (Lipinski definition) is 4. The number of ether oxygens (including phenoxy) is 1. The van der Waals surface area contributed by atoms with Gasteiger partial charge < -0.3 is 14.5 Å². The first-order valence-electron chi connectivity index (χ1n) is 7.13. The van der Waals surface area contributed by atoms with Crippen molar-refractivity contribution in [3.8, 4) is 0 Å². The third kappa shape index (κ3) is 2.72. The number of aromatic nitrogens is 1. The quantitative estimate of drug-likeness (QED) is 0.904. The second kappa shape index (κ2) is 5.32. The molecule has 0 amide bonds. The van der Waals surface area contributed by atoms with Gasteiger partial charge in [0, 0.05) is 18.3 Å². The van der Waals surface area contributed by atoms with Crippen LogP contribution in [0, 0.1) is 5.92 Å². The van der Waals surface area contributed by atoms with Crippen LogP contribution in [0.2, 0.25) is 0 Å². The molecule has 0 saturated carbocycles. The fraction of sp³-hybridized carbons (Fsp3) is 0.533. The zero-order chi connectivity index (χ0) is 14.1. The summed E-state index contributed by atoms with van der Waals surface area (Å²) in [6.07, 6.45) is 2.33. The molecule has 1 fully saturated rings. The van der Waals surface area contributed by atoms with E-state index < -0.39 is 5.76 Å². The van der Waals surface area contributed by atoms with Crippen LogP contribution in [0.4, 0.5) is 5.69 Å². The van der Waals surface area contributed by atoms with Gasteiger partial charge in [0.1, 0.15) is 0 Å².